The van der Waals surface area contributed by atoms with E-state index in [4.69, 9.17) is 4.55 Å². The van der Waals surface area contributed by atoms with Gasteiger partial charge >= 0.3 is 69.4 Å². The zero-order valence-corrected chi connectivity index (χ0v) is 21.9. The smallest absolute Gasteiger partial charge is 0.872 e. The average molecular weight is 470 g/mol. The van der Waals surface area contributed by atoms with Crippen molar-refractivity contribution in [1.29, 1.82) is 0 Å². The number of aromatic carboxylic acids is 1. The second-order valence-corrected chi connectivity index (χ2v) is 6.95. The largest absolute Gasteiger partial charge is 1.00 e. The molecule has 0 fully saturated rings. The van der Waals surface area contributed by atoms with E-state index in [1.54, 1.807) is 36.4 Å². The van der Waals surface area contributed by atoms with Crippen molar-refractivity contribution in [2.75, 3.05) is 0 Å². The summed E-state index contributed by atoms with van der Waals surface area (Å²) in [7, 11) is -4.53. The number of benzene rings is 3. The molecule has 0 spiro atoms. The topological polar surface area (TPSA) is 167 Å². The molecule has 0 aromatic heterocycles. The molecule has 0 bridgehead atoms. The normalized spacial score (nSPS) is 11.2. The molecule has 0 saturated carbocycles. The summed E-state index contributed by atoms with van der Waals surface area (Å²) < 4.78 is 32.5. The van der Waals surface area contributed by atoms with Gasteiger partial charge in [-0.3, -0.25) is 4.55 Å². The van der Waals surface area contributed by atoms with E-state index in [0.717, 1.165) is 23.3 Å². The number of azo groups is 1. The predicted molar refractivity (Wildman–Crippen MR) is 102 cm³/mol. The first-order chi connectivity index (χ1) is 14.2. The molecular formula is C19H12N4Na2O6S. The molecule has 152 valence electrons. The van der Waals surface area contributed by atoms with Crippen molar-refractivity contribution in [3.63, 3.8) is 0 Å². The zero-order chi connectivity index (χ0) is 21.7. The summed E-state index contributed by atoms with van der Waals surface area (Å²) in [5.74, 6) is -2.24. The van der Waals surface area contributed by atoms with E-state index < -0.39 is 27.6 Å². The van der Waals surface area contributed by atoms with Gasteiger partial charge in [-0.15, -0.1) is 5.11 Å². The van der Waals surface area contributed by atoms with E-state index in [2.05, 4.69) is 19.9 Å². The van der Waals surface area contributed by atoms with E-state index in [-0.39, 0.29) is 70.5 Å². The minimum Gasteiger partial charge on any atom is -0.872 e. The van der Waals surface area contributed by atoms with Gasteiger partial charge in [0.2, 0.25) is 0 Å². The fourth-order valence-corrected chi connectivity index (χ4v) is 2.59. The maximum absolute atomic E-state index is 11.4. The fraction of sp³-hybridized carbons (Fsp3) is 0. The molecule has 3 aromatic rings. The van der Waals surface area contributed by atoms with Gasteiger partial charge in [0.05, 0.1) is 23.0 Å². The number of carbonyl (C=O) groups is 1. The molecule has 3 rings (SSSR count). The molecule has 10 nitrogen and oxygen atoms in total. The molecule has 0 aliphatic rings. The number of carboxylic acids is 1. The SMILES string of the molecule is O=C([O-])c1cc(N=Nc2ccc(-c3ccc(N=NS(=O)(=O)O)cc3)cc2)ccc1[O-].[Na+].[Na+]. The number of hydrogen-bond donors (Lipinski definition) is 1. The van der Waals surface area contributed by atoms with Gasteiger partial charge in [-0.2, -0.15) is 18.6 Å². The molecule has 0 amide bonds. The summed E-state index contributed by atoms with van der Waals surface area (Å²) in [6.45, 7) is 0. The standard InChI is InChI=1S/C19H14N4O6S.2Na/c24-18-10-9-16(11-17(18)19(25)26)21-20-14-5-1-12(2-6-14)13-3-7-15(8-4-13)22-23-30(27,28)29;;/h1-11,24H,(H,25,26)(H,27,28,29);;/q;2*+1/p-2. The fourth-order valence-electron chi connectivity index (χ4n) is 2.39. The van der Waals surface area contributed by atoms with E-state index in [0.29, 0.717) is 5.69 Å². The van der Waals surface area contributed by atoms with Crippen molar-refractivity contribution >= 4 is 33.3 Å². The Kier molecular flexibility index (Phi) is 10.8. The van der Waals surface area contributed by atoms with Crippen LogP contribution in [0.4, 0.5) is 17.1 Å². The first kappa shape index (κ1) is 28.1. The van der Waals surface area contributed by atoms with Crippen molar-refractivity contribution in [2.45, 2.75) is 0 Å². The Bertz CT molecular complexity index is 1250. The molecule has 0 atom stereocenters. The number of nitrogens with zero attached hydrogens (tertiary/aromatic N) is 4. The summed E-state index contributed by atoms with van der Waals surface area (Å²) in [5.41, 5.74) is 2.12. The Morgan fingerprint density at radius 1 is 0.750 bits per heavy atom. The van der Waals surface area contributed by atoms with Gasteiger partial charge in [-0.25, -0.2) is 0 Å². The van der Waals surface area contributed by atoms with Crippen LogP contribution in [0.1, 0.15) is 10.4 Å². The Labute approximate surface area is 227 Å². The van der Waals surface area contributed by atoms with Crippen LogP contribution >= 0.6 is 0 Å². The monoisotopic (exact) mass is 470 g/mol. The van der Waals surface area contributed by atoms with Gasteiger partial charge < -0.3 is 15.0 Å². The summed E-state index contributed by atoms with van der Waals surface area (Å²) in [6, 6.07) is 16.9. The van der Waals surface area contributed by atoms with Gasteiger partial charge in [0.1, 0.15) is 0 Å². The summed E-state index contributed by atoms with van der Waals surface area (Å²) in [5, 5.41) is 33.6. The summed E-state index contributed by atoms with van der Waals surface area (Å²) in [6.07, 6.45) is 0. The molecule has 0 heterocycles. The molecule has 0 unspecified atom stereocenters. The molecule has 0 radical (unpaired) electrons. The molecule has 0 aliphatic heterocycles. The van der Waals surface area contributed by atoms with Crippen LogP contribution in [0, 0.1) is 0 Å². The zero-order valence-electron chi connectivity index (χ0n) is 17.0. The van der Waals surface area contributed by atoms with E-state index >= 15 is 0 Å². The van der Waals surface area contributed by atoms with E-state index in [1.165, 1.54) is 18.2 Å². The maximum Gasteiger partial charge on any atom is 1.00 e. The van der Waals surface area contributed by atoms with Crippen LogP contribution in [-0.4, -0.2) is 18.9 Å². The molecule has 0 aliphatic carbocycles. The van der Waals surface area contributed by atoms with Gasteiger partial charge in [0, 0.05) is 0 Å². The van der Waals surface area contributed by atoms with Crippen LogP contribution in [0.15, 0.2) is 86.6 Å². The second-order valence-electron chi connectivity index (χ2n) is 5.89. The van der Waals surface area contributed by atoms with Crippen molar-refractivity contribution in [2.24, 2.45) is 19.9 Å². The van der Waals surface area contributed by atoms with Crippen LogP contribution in [0.5, 0.6) is 5.75 Å². The Morgan fingerprint density at radius 2 is 1.19 bits per heavy atom. The molecule has 32 heavy (non-hydrogen) atoms. The van der Waals surface area contributed by atoms with Crippen molar-refractivity contribution in [1.82, 2.24) is 0 Å². The molecular weight excluding hydrogens is 458 g/mol. The Hall–Kier alpha value is -1.96. The third kappa shape index (κ3) is 8.19. The minimum atomic E-state index is -4.53. The van der Waals surface area contributed by atoms with Crippen LogP contribution in [0.25, 0.3) is 11.1 Å². The first-order valence-corrected chi connectivity index (χ1v) is 9.66. The maximum atomic E-state index is 11.4. The number of carboxylic acid groups (broad SMARTS) is 1. The predicted octanol–water partition coefficient (Wildman–Crippen LogP) is -2.90. The minimum absolute atomic E-state index is 0. The van der Waals surface area contributed by atoms with Crippen molar-refractivity contribution in [3.8, 4) is 16.9 Å². The third-order valence-electron chi connectivity index (χ3n) is 3.79. The van der Waals surface area contributed by atoms with Crippen molar-refractivity contribution in [3.05, 3.63) is 72.3 Å². The first-order valence-electron chi connectivity index (χ1n) is 8.26. The molecule has 1 N–H and O–H groups in total. The number of carbonyl (C=O) groups excluding carboxylic acids is 1. The van der Waals surface area contributed by atoms with Crippen LogP contribution < -0.4 is 69.3 Å². The molecule has 3 aromatic carbocycles. The number of rotatable bonds is 6. The second kappa shape index (κ2) is 12.3. The average Bonchev–Trinajstić information content (AvgIpc) is 2.72. The summed E-state index contributed by atoms with van der Waals surface area (Å²) >= 11 is 0. The molecule has 0 saturated heterocycles. The van der Waals surface area contributed by atoms with E-state index in [1.807, 2.05) is 0 Å². The summed E-state index contributed by atoms with van der Waals surface area (Å²) in [4.78, 5) is 10.9. The van der Waals surface area contributed by atoms with E-state index in [9.17, 15) is 23.4 Å². The number of hydrogen-bond acceptors (Lipinski definition) is 8. The van der Waals surface area contributed by atoms with Gasteiger partial charge in [-0.1, -0.05) is 36.1 Å². The van der Waals surface area contributed by atoms with Crippen LogP contribution in [0.2, 0.25) is 0 Å². The Morgan fingerprint density at radius 3 is 1.66 bits per heavy atom. The Balaban J connectivity index is 0.00000256. The molecule has 13 heteroatoms. The van der Waals surface area contributed by atoms with Crippen LogP contribution in [0.3, 0.4) is 0 Å². The van der Waals surface area contributed by atoms with Gasteiger partial charge in [-0.05, 0) is 57.6 Å². The quantitative estimate of drug-likeness (QED) is 0.230. The van der Waals surface area contributed by atoms with Gasteiger partial charge in [0.25, 0.3) is 0 Å². The van der Waals surface area contributed by atoms with Gasteiger partial charge in [0.15, 0.2) is 0 Å². The van der Waals surface area contributed by atoms with Crippen LogP contribution in [-0.2, 0) is 10.3 Å². The van der Waals surface area contributed by atoms with Crippen molar-refractivity contribution < 1.29 is 87.1 Å². The third-order valence-corrected chi connectivity index (χ3v) is 4.08.